The Morgan fingerprint density at radius 2 is 1.54 bits per heavy atom. The van der Waals surface area contributed by atoms with Crippen LogP contribution >= 0.6 is 0 Å². The van der Waals surface area contributed by atoms with Gasteiger partial charge >= 0.3 is 20.0 Å². The monoisotopic (exact) mass is 225 g/mol. The van der Waals surface area contributed by atoms with Gasteiger partial charge in [0.1, 0.15) is 0 Å². The maximum Gasteiger partial charge on any atom is 0.337 e. The first-order chi connectivity index (χ1) is 5.71. The quantitative estimate of drug-likeness (QED) is 0.578. The lowest BCUT2D eigenvalue weighted by Gasteiger charge is -2.19. The van der Waals surface area contributed by atoms with Gasteiger partial charge in [-0.1, -0.05) is 5.10 Å². The fraction of sp³-hybridized carbons (Fsp3) is 0.400. The summed E-state index contributed by atoms with van der Waals surface area (Å²) in [5.74, 6) is 0. The summed E-state index contributed by atoms with van der Waals surface area (Å²) >= 11 is 0. The third-order valence-electron chi connectivity index (χ3n) is 1.54. The van der Waals surface area contributed by atoms with E-state index in [9.17, 15) is 16.8 Å². The van der Waals surface area contributed by atoms with Gasteiger partial charge in [-0.25, -0.2) is 0 Å². The maximum atomic E-state index is 11.2. The first-order valence-corrected chi connectivity index (χ1v) is 6.93. The summed E-state index contributed by atoms with van der Waals surface area (Å²) in [6, 6.07) is 0. The van der Waals surface area contributed by atoms with Crippen molar-refractivity contribution in [2.24, 2.45) is 5.10 Å². The van der Waals surface area contributed by atoms with Gasteiger partial charge in [0.2, 0.25) is 0 Å². The molecule has 0 aromatic carbocycles. The van der Waals surface area contributed by atoms with E-state index in [-0.39, 0.29) is 0 Å². The molecular weight excluding hydrogens is 216 g/mol. The summed E-state index contributed by atoms with van der Waals surface area (Å²) < 4.78 is 43.5. The molecule has 0 amide bonds. The van der Waals surface area contributed by atoms with Gasteiger partial charge in [-0.3, -0.25) is 0 Å². The molecule has 13 heavy (non-hydrogen) atoms. The van der Waals surface area contributed by atoms with Crippen LogP contribution in [-0.4, -0.2) is 39.0 Å². The second-order valence-corrected chi connectivity index (χ2v) is 6.91. The Balaban J connectivity index is 3.56. The molecule has 74 valence electrons. The molecule has 0 fully saturated rings. The van der Waals surface area contributed by atoms with Crippen LogP contribution in [-0.2, 0) is 20.0 Å². The van der Waals surface area contributed by atoms with Gasteiger partial charge in [-0.2, -0.15) is 16.8 Å². The first kappa shape index (κ1) is 10.4. The summed E-state index contributed by atoms with van der Waals surface area (Å²) in [4.78, 5) is 0. The Hall–Kier alpha value is -0.730. The highest BCUT2D eigenvalue weighted by atomic mass is 32.3. The predicted molar refractivity (Wildman–Crippen MR) is 47.6 cm³/mol. The number of hydrogen-bond acceptors (Lipinski definition) is 5. The van der Waals surface area contributed by atoms with E-state index in [1.807, 2.05) is 0 Å². The molecule has 0 N–H and O–H groups in total. The van der Waals surface area contributed by atoms with E-state index in [1.54, 1.807) is 0 Å². The topological polar surface area (TPSA) is 80.6 Å². The third-order valence-corrected chi connectivity index (χ3v) is 5.50. The minimum absolute atomic E-state index is 0.820. The molecule has 0 aromatic rings. The van der Waals surface area contributed by atoms with Crippen molar-refractivity contribution in [3.8, 4) is 0 Å². The number of quaternary nitrogens is 1. The summed E-state index contributed by atoms with van der Waals surface area (Å²) in [6.07, 6.45) is 5.07. The number of nitrogens with zero attached hydrogens (tertiary/aromatic N) is 2. The van der Waals surface area contributed by atoms with Crippen molar-refractivity contribution in [3.05, 3.63) is 12.3 Å². The van der Waals surface area contributed by atoms with E-state index in [0.717, 1.165) is 24.9 Å². The van der Waals surface area contributed by atoms with Crippen molar-refractivity contribution in [1.82, 2.24) is 0 Å². The van der Waals surface area contributed by atoms with Crippen LogP contribution in [0.4, 0.5) is 0 Å². The largest absolute Gasteiger partial charge is 0.337 e. The van der Waals surface area contributed by atoms with Crippen LogP contribution in [0.2, 0.25) is 0 Å². The van der Waals surface area contributed by atoms with Gasteiger partial charge < -0.3 is 0 Å². The van der Waals surface area contributed by atoms with Crippen LogP contribution in [0.25, 0.3) is 0 Å². The van der Waals surface area contributed by atoms with Crippen LogP contribution in [0.5, 0.6) is 0 Å². The van der Waals surface area contributed by atoms with Crippen LogP contribution in [0.15, 0.2) is 17.4 Å². The van der Waals surface area contributed by atoms with Gasteiger partial charge in [0.05, 0.1) is 18.7 Å². The fourth-order valence-corrected chi connectivity index (χ4v) is 3.96. The van der Waals surface area contributed by atoms with Crippen molar-refractivity contribution in [2.45, 2.75) is 0 Å². The number of rotatable bonds is 2. The van der Waals surface area contributed by atoms with Gasteiger partial charge in [-0.05, 0) is 0 Å². The summed E-state index contributed by atoms with van der Waals surface area (Å²) in [5.41, 5.74) is 0. The summed E-state index contributed by atoms with van der Waals surface area (Å²) in [5, 5.41) is 3.44. The average molecular weight is 225 g/mol. The van der Waals surface area contributed by atoms with Crippen LogP contribution in [0.3, 0.4) is 0 Å². The molecule has 0 unspecified atom stereocenters. The second kappa shape index (κ2) is 2.63. The Labute approximate surface area is 76.9 Å². The zero-order valence-corrected chi connectivity index (χ0v) is 8.71. The fourth-order valence-electron chi connectivity index (χ4n) is 0.955. The van der Waals surface area contributed by atoms with Gasteiger partial charge in [0.25, 0.3) is 0 Å². The van der Waals surface area contributed by atoms with Crippen LogP contribution in [0.1, 0.15) is 0 Å². The molecule has 0 atom stereocenters. The normalized spacial score (nSPS) is 20.8. The molecule has 1 heterocycles. The Morgan fingerprint density at radius 3 is 1.69 bits per heavy atom. The second-order valence-electron chi connectivity index (χ2n) is 2.64. The third kappa shape index (κ3) is 1.40. The molecule has 0 spiro atoms. The molecule has 0 bridgehead atoms. The first-order valence-electron chi connectivity index (χ1n) is 3.23. The minimum atomic E-state index is -3.86. The van der Waals surface area contributed by atoms with Crippen molar-refractivity contribution < 1.29 is 20.2 Å². The molecule has 8 heteroatoms. The van der Waals surface area contributed by atoms with Crippen LogP contribution < -0.4 is 0 Å². The minimum Gasteiger partial charge on any atom is -0.170 e. The molecule has 0 saturated heterocycles. The van der Waals surface area contributed by atoms with E-state index in [0.29, 0.717) is 0 Å². The highest BCUT2D eigenvalue weighted by Crippen LogP contribution is 2.24. The van der Waals surface area contributed by atoms with Crippen molar-refractivity contribution in [2.75, 3.05) is 12.5 Å². The van der Waals surface area contributed by atoms with E-state index in [1.165, 1.54) is 6.08 Å². The lowest BCUT2D eigenvalue weighted by atomic mass is 10.7. The Morgan fingerprint density at radius 1 is 1.08 bits per heavy atom. The molecule has 1 aliphatic heterocycles. The van der Waals surface area contributed by atoms with Gasteiger partial charge in [0.15, 0.2) is 6.20 Å². The molecular formula is C5H9N2O4S2+. The number of sulfonamides is 2. The number of hydrogen-bond donors (Lipinski definition) is 0. The molecule has 6 nitrogen and oxygen atoms in total. The smallest absolute Gasteiger partial charge is 0.170 e. The van der Waals surface area contributed by atoms with E-state index in [4.69, 9.17) is 0 Å². The molecule has 0 aliphatic carbocycles. The van der Waals surface area contributed by atoms with Crippen molar-refractivity contribution >= 4 is 26.3 Å². The van der Waals surface area contributed by atoms with Crippen LogP contribution in [0, 0.1) is 0 Å². The molecule has 0 radical (unpaired) electrons. The highest BCUT2D eigenvalue weighted by molar-refractivity contribution is 7.97. The Bertz CT molecular complexity index is 425. The summed E-state index contributed by atoms with van der Waals surface area (Å²) in [7, 11) is -7.71. The number of allylic oxidation sites excluding steroid dienone is 1. The van der Waals surface area contributed by atoms with Crippen molar-refractivity contribution in [3.63, 3.8) is 0 Å². The SMILES string of the molecule is CS(=O)(=O)[N+]1(S(C)(=O)=O)C=CC=N1. The average Bonchev–Trinajstić information content (AvgIpc) is 2.28. The van der Waals surface area contributed by atoms with Gasteiger partial charge in [0, 0.05) is 9.48 Å². The highest BCUT2D eigenvalue weighted by Gasteiger charge is 2.49. The molecule has 0 aromatic heterocycles. The van der Waals surface area contributed by atoms with E-state index < -0.39 is 23.4 Å². The maximum absolute atomic E-state index is 11.2. The zero-order chi connectivity index (χ0) is 10.3. The predicted octanol–water partition coefficient (Wildman–Crippen LogP) is -0.764. The van der Waals surface area contributed by atoms with E-state index >= 15 is 0 Å². The van der Waals surface area contributed by atoms with E-state index in [2.05, 4.69) is 5.10 Å². The lowest BCUT2D eigenvalue weighted by Crippen LogP contribution is -2.45. The van der Waals surface area contributed by atoms with Crippen molar-refractivity contribution in [1.29, 1.82) is 0 Å². The molecule has 0 saturated carbocycles. The lowest BCUT2D eigenvalue weighted by molar-refractivity contribution is -0.612. The zero-order valence-electron chi connectivity index (χ0n) is 7.08. The van der Waals surface area contributed by atoms with Gasteiger partial charge in [-0.15, -0.1) is 0 Å². The standard InChI is InChI=1S/C5H9N2O4S2/c1-12(8,9)7(13(2,10)11)5-3-4-6-7/h3-5H,1-2H3/q+1. The summed E-state index contributed by atoms with van der Waals surface area (Å²) in [6.45, 7) is 0. The molecule has 1 aliphatic rings. The Kier molecular flexibility index (Phi) is 2.09. The molecule has 1 rings (SSSR count).